The van der Waals surface area contributed by atoms with E-state index in [9.17, 15) is 57.1 Å². The van der Waals surface area contributed by atoms with Gasteiger partial charge in [0, 0.05) is 6.42 Å². The highest BCUT2D eigenvalue weighted by Gasteiger charge is 2.87. The second-order valence-corrected chi connectivity index (χ2v) is 4.31. The molecule has 0 saturated carbocycles. The minimum atomic E-state index is -7.65. The van der Waals surface area contributed by atoms with E-state index in [1.165, 1.54) is 0 Å². The summed E-state index contributed by atoms with van der Waals surface area (Å²) in [6, 6.07) is 0. The second-order valence-electron chi connectivity index (χ2n) is 4.31. The molecule has 0 nitrogen and oxygen atoms in total. The molecule has 134 valence electrons. The van der Waals surface area contributed by atoms with Crippen molar-refractivity contribution in [2.24, 2.45) is 0 Å². The van der Waals surface area contributed by atoms with Crippen LogP contribution in [0.2, 0.25) is 0 Å². The van der Waals surface area contributed by atoms with Gasteiger partial charge < -0.3 is 0 Å². The quantitative estimate of drug-likeness (QED) is 0.546. The Balaban J connectivity index is 5.90. The van der Waals surface area contributed by atoms with Gasteiger partial charge in [-0.2, -0.15) is 48.3 Å². The van der Waals surface area contributed by atoms with Crippen LogP contribution < -0.4 is 0 Å². The number of hydrogen-bond donors (Lipinski definition) is 0. The van der Waals surface area contributed by atoms with E-state index in [0.29, 0.717) is 6.92 Å². The summed E-state index contributed by atoms with van der Waals surface area (Å²) in [4.78, 5) is 0. The topological polar surface area (TPSA) is 0 Å². The van der Waals surface area contributed by atoms with Crippen molar-refractivity contribution in [3.63, 3.8) is 0 Å². The zero-order chi connectivity index (χ0) is 18.4. The van der Waals surface area contributed by atoms with Crippen molar-refractivity contribution in [1.29, 1.82) is 0 Å². The molecule has 0 bridgehead atoms. The van der Waals surface area contributed by atoms with Gasteiger partial charge in [0.2, 0.25) is 0 Å². The Morgan fingerprint density at radius 3 is 1.18 bits per heavy atom. The normalized spacial score (nSPS) is 16.1. The molecule has 0 atom stereocenters. The van der Waals surface area contributed by atoms with Crippen LogP contribution in [0.3, 0.4) is 0 Å². The van der Waals surface area contributed by atoms with E-state index in [2.05, 4.69) is 0 Å². The third-order valence-electron chi connectivity index (χ3n) is 2.60. The zero-order valence-corrected chi connectivity index (χ0v) is 10.3. The largest absolute Gasteiger partial charge is 0.460 e. The van der Waals surface area contributed by atoms with Gasteiger partial charge in [0.05, 0.1) is 6.42 Å². The molecule has 0 heterocycles. The average molecular weight is 362 g/mol. The van der Waals surface area contributed by atoms with Crippen molar-refractivity contribution in [3.8, 4) is 0 Å². The fourth-order valence-corrected chi connectivity index (χ4v) is 1.17. The van der Waals surface area contributed by atoms with Crippen LogP contribution in [0.1, 0.15) is 19.8 Å². The summed E-state index contributed by atoms with van der Waals surface area (Å²) in [5.41, 5.74) is 0. The number of rotatable bonds is 6. The van der Waals surface area contributed by atoms with Gasteiger partial charge in [0.15, 0.2) is 0 Å². The molecule has 0 aromatic heterocycles. The molecule has 0 aromatic carbocycles. The smallest absolute Gasteiger partial charge is 0.207 e. The minimum absolute atomic E-state index is 0.483. The first-order chi connectivity index (χ1) is 9.27. The summed E-state index contributed by atoms with van der Waals surface area (Å²) >= 11 is 0. The van der Waals surface area contributed by atoms with Gasteiger partial charge in [-0.15, -0.1) is 0 Å². The summed E-state index contributed by atoms with van der Waals surface area (Å²) < 4.78 is 162. The summed E-state index contributed by atoms with van der Waals surface area (Å²) in [7, 11) is 0. The third kappa shape index (κ3) is 3.21. The molecule has 0 amide bonds. The highest BCUT2D eigenvalue weighted by molar-refractivity contribution is 5.07. The molecule has 22 heavy (non-hydrogen) atoms. The SMILES string of the molecule is CCC(F)(F)CC(F)(F)C(F)(F)C(F)(F)C(F)(F)C(F)(F)F. The molecule has 0 spiro atoms. The Labute approximate surface area is 114 Å². The van der Waals surface area contributed by atoms with Crippen LogP contribution in [0.15, 0.2) is 0 Å². The molecule has 0 unspecified atom stereocenters. The number of alkyl halides is 13. The fraction of sp³-hybridized carbons (Fsp3) is 1.00. The monoisotopic (exact) mass is 362 g/mol. The van der Waals surface area contributed by atoms with E-state index in [1.807, 2.05) is 0 Å². The van der Waals surface area contributed by atoms with Gasteiger partial charge >= 0.3 is 29.9 Å². The average Bonchev–Trinajstić information content (AvgIpc) is 2.25. The van der Waals surface area contributed by atoms with Crippen molar-refractivity contribution in [1.82, 2.24) is 0 Å². The van der Waals surface area contributed by atoms with Gasteiger partial charge in [-0.05, 0) is 0 Å². The van der Waals surface area contributed by atoms with Gasteiger partial charge in [0.1, 0.15) is 0 Å². The van der Waals surface area contributed by atoms with Crippen molar-refractivity contribution >= 4 is 0 Å². The van der Waals surface area contributed by atoms with E-state index in [0.717, 1.165) is 0 Å². The Kier molecular flexibility index (Phi) is 5.10. The van der Waals surface area contributed by atoms with Gasteiger partial charge in [0.25, 0.3) is 5.92 Å². The van der Waals surface area contributed by atoms with Gasteiger partial charge in [-0.25, -0.2) is 8.78 Å². The molecule has 0 rings (SSSR count). The van der Waals surface area contributed by atoms with Crippen LogP contribution in [-0.4, -0.2) is 35.8 Å². The van der Waals surface area contributed by atoms with Crippen LogP contribution in [0.5, 0.6) is 0 Å². The molecular formula is C9H7F13. The first kappa shape index (κ1) is 21.1. The first-order valence-corrected chi connectivity index (χ1v) is 5.22. The predicted molar refractivity (Wildman–Crippen MR) is 45.7 cm³/mol. The Bertz CT molecular complexity index is 391. The molecule has 0 fully saturated rings. The van der Waals surface area contributed by atoms with Crippen LogP contribution in [0.25, 0.3) is 0 Å². The molecule has 0 aliphatic rings. The fourth-order valence-electron chi connectivity index (χ4n) is 1.17. The van der Waals surface area contributed by atoms with Gasteiger partial charge in [-0.3, -0.25) is 0 Å². The molecule has 0 N–H and O–H groups in total. The lowest BCUT2D eigenvalue weighted by molar-refractivity contribution is -0.425. The molecule has 0 saturated heterocycles. The van der Waals surface area contributed by atoms with Crippen molar-refractivity contribution in [3.05, 3.63) is 0 Å². The lowest BCUT2D eigenvalue weighted by atomic mass is 9.93. The zero-order valence-electron chi connectivity index (χ0n) is 10.3. The lowest BCUT2D eigenvalue weighted by Crippen LogP contribution is -2.67. The van der Waals surface area contributed by atoms with Crippen LogP contribution in [-0.2, 0) is 0 Å². The van der Waals surface area contributed by atoms with E-state index in [4.69, 9.17) is 0 Å². The van der Waals surface area contributed by atoms with E-state index in [1.54, 1.807) is 0 Å². The standard InChI is InChI=1S/C9H7F13/c1-2-4(10,11)3-5(12,13)6(14,15)7(16,17)8(18,19)9(20,21)22/h2-3H2,1H3. The van der Waals surface area contributed by atoms with Crippen molar-refractivity contribution in [2.75, 3.05) is 0 Å². The number of hydrogen-bond acceptors (Lipinski definition) is 0. The van der Waals surface area contributed by atoms with Gasteiger partial charge in [-0.1, -0.05) is 6.92 Å². The van der Waals surface area contributed by atoms with E-state index in [-0.39, 0.29) is 0 Å². The lowest BCUT2D eigenvalue weighted by Gasteiger charge is -2.38. The van der Waals surface area contributed by atoms with Crippen molar-refractivity contribution < 1.29 is 57.1 Å². The Morgan fingerprint density at radius 1 is 0.545 bits per heavy atom. The first-order valence-electron chi connectivity index (χ1n) is 5.22. The Morgan fingerprint density at radius 2 is 0.909 bits per heavy atom. The molecule has 0 aromatic rings. The highest BCUT2D eigenvalue weighted by atomic mass is 19.4. The maximum atomic E-state index is 12.9. The molecule has 13 heteroatoms. The predicted octanol–water partition coefficient (Wildman–Crippen LogP) is 5.53. The molecule has 0 aliphatic heterocycles. The Hall–Kier alpha value is -0.910. The molecule has 0 radical (unpaired) electrons. The number of halogens is 13. The van der Waals surface area contributed by atoms with Crippen LogP contribution in [0, 0.1) is 0 Å². The molecular weight excluding hydrogens is 355 g/mol. The van der Waals surface area contributed by atoms with Crippen LogP contribution in [0.4, 0.5) is 57.1 Å². The summed E-state index contributed by atoms with van der Waals surface area (Å²) in [6.45, 7) is 0.483. The van der Waals surface area contributed by atoms with Crippen LogP contribution >= 0.6 is 0 Å². The minimum Gasteiger partial charge on any atom is -0.207 e. The third-order valence-corrected chi connectivity index (χ3v) is 2.60. The van der Waals surface area contributed by atoms with E-state index < -0.39 is 48.6 Å². The maximum Gasteiger partial charge on any atom is 0.460 e. The van der Waals surface area contributed by atoms with E-state index >= 15 is 0 Å². The maximum absolute atomic E-state index is 12.9. The summed E-state index contributed by atoms with van der Waals surface area (Å²) in [5, 5.41) is 0. The summed E-state index contributed by atoms with van der Waals surface area (Å²) in [5.74, 6) is -33.8. The highest BCUT2D eigenvalue weighted by Crippen LogP contribution is 2.58. The van der Waals surface area contributed by atoms with Crippen molar-refractivity contribution in [2.45, 2.75) is 55.6 Å². The molecule has 0 aliphatic carbocycles. The second kappa shape index (κ2) is 5.32. The summed E-state index contributed by atoms with van der Waals surface area (Å²) in [6.07, 6.45) is -12.2.